The van der Waals surface area contributed by atoms with Crippen LogP contribution in [0.1, 0.15) is 45.1 Å². The van der Waals surface area contributed by atoms with Gasteiger partial charge in [0, 0.05) is 27.9 Å². The number of allylic oxidation sites excluding steroid dienone is 4. The predicted octanol–water partition coefficient (Wildman–Crippen LogP) is 4.31. The number of dihydropyridines is 1. The second-order valence-electron chi connectivity index (χ2n) is 7.77. The minimum atomic E-state index is -0.399. The molecule has 2 aliphatic heterocycles. The average molecular weight is 415 g/mol. The summed E-state index contributed by atoms with van der Waals surface area (Å²) < 4.78 is 11.8. The van der Waals surface area contributed by atoms with Crippen LogP contribution in [0.2, 0.25) is 0 Å². The van der Waals surface area contributed by atoms with Crippen molar-refractivity contribution in [2.75, 3.05) is 6.79 Å². The first-order chi connectivity index (χ1) is 12.3. The normalized spacial score (nSPS) is 23.5. The molecule has 0 unspecified atom stereocenters. The van der Waals surface area contributed by atoms with E-state index in [-0.39, 0.29) is 18.0 Å². The highest BCUT2D eigenvalue weighted by atomic mass is 79.9. The molecular formula is C20H19BrN2O3. The van der Waals surface area contributed by atoms with Gasteiger partial charge in [0.1, 0.15) is 0 Å². The quantitative estimate of drug-likeness (QED) is 0.741. The standard InChI is InChI=1S/C20H19BrN2O3/c1-10-12(8-22)18(11-4-16-17(5-13(11)21)26-9-25-16)19-14(23-10)6-20(2,3)7-15(19)24/h4-5,18,23H,6-7,9H2,1-3H3/t18-/m0/s1. The number of hydrogen-bond donors (Lipinski definition) is 1. The molecule has 134 valence electrons. The number of carbonyl (C=O) groups is 1. The van der Waals surface area contributed by atoms with Crippen LogP contribution in [0.4, 0.5) is 0 Å². The van der Waals surface area contributed by atoms with Gasteiger partial charge in [0.15, 0.2) is 17.3 Å². The van der Waals surface area contributed by atoms with Crippen LogP contribution in [-0.4, -0.2) is 12.6 Å². The molecule has 5 nitrogen and oxygen atoms in total. The minimum Gasteiger partial charge on any atom is -0.454 e. The first-order valence-corrected chi connectivity index (χ1v) is 9.33. The van der Waals surface area contributed by atoms with E-state index < -0.39 is 5.92 Å². The van der Waals surface area contributed by atoms with E-state index in [4.69, 9.17) is 9.47 Å². The summed E-state index contributed by atoms with van der Waals surface area (Å²) in [7, 11) is 0. The Bertz CT molecular complexity index is 937. The molecule has 0 bridgehead atoms. The molecule has 0 spiro atoms. The van der Waals surface area contributed by atoms with Crippen molar-refractivity contribution < 1.29 is 14.3 Å². The number of Topliss-reactive ketones (excluding diaryl/α,β-unsaturated/α-hetero) is 1. The third-order valence-corrected chi connectivity index (χ3v) is 5.85. The molecule has 1 aromatic rings. The first-order valence-electron chi connectivity index (χ1n) is 8.54. The van der Waals surface area contributed by atoms with Gasteiger partial charge in [-0.05, 0) is 36.5 Å². The lowest BCUT2D eigenvalue weighted by molar-refractivity contribution is -0.118. The molecule has 0 saturated carbocycles. The fourth-order valence-electron chi connectivity index (χ4n) is 4.05. The number of fused-ring (bicyclic) bond motifs is 1. The van der Waals surface area contributed by atoms with Crippen LogP contribution >= 0.6 is 15.9 Å². The highest BCUT2D eigenvalue weighted by molar-refractivity contribution is 9.10. The number of nitrogens with zero attached hydrogens (tertiary/aromatic N) is 1. The number of nitriles is 1. The molecule has 0 amide bonds. The molecule has 2 heterocycles. The fraction of sp³-hybridized carbons (Fsp3) is 0.400. The van der Waals surface area contributed by atoms with Crippen LogP contribution in [0.25, 0.3) is 0 Å². The Morgan fingerprint density at radius 3 is 2.65 bits per heavy atom. The van der Waals surface area contributed by atoms with E-state index in [0.717, 1.165) is 27.9 Å². The molecular weight excluding hydrogens is 396 g/mol. The Morgan fingerprint density at radius 1 is 1.27 bits per heavy atom. The summed E-state index contributed by atoms with van der Waals surface area (Å²) in [6.07, 6.45) is 1.26. The lowest BCUT2D eigenvalue weighted by Gasteiger charge is -2.38. The molecule has 1 aliphatic carbocycles. The third kappa shape index (κ3) is 2.62. The van der Waals surface area contributed by atoms with Gasteiger partial charge in [0.25, 0.3) is 0 Å². The summed E-state index contributed by atoms with van der Waals surface area (Å²) in [5, 5.41) is 13.1. The summed E-state index contributed by atoms with van der Waals surface area (Å²) in [6, 6.07) is 6.04. The van der Waals surface area contributed by atoms with Crippen molar-refractivity contribution in [3.8, 4) is 17.6 Å². The van der Waals surface area contributed by atoms with Crippen LogP contribution < -0.4 is 14.8 Å². The zero-order chi connectivity index (χ0) is 18.6. The second-order valence-corrected chi connectivity index (χ2v) is 8.62. The van der Waals surface area contributed by atoms with Gasteiger partial charge >= 0.3 is 0 Å². The van der Waals surface area contributed by atoms with Crippen molar-refractivity contribution in [3.05, 3.63) is 44.7 Å². The summed E-state index contributed by atoms with van der Waals surface area (Å²) in [4.78, 5) is 13.0. The Hall–Kier alpha value is -2.26. The van der Waals surface area contributed by atoms with Gasteiger partial charge in [-0.3, -0.25) is 4.79 Å². The molecule has 1 atom stereocenters. The topological polar surface area (TPSA) is 71.3 Å². The van der Waals surface area contributed by atoms with Gasteiger partial charge in [0.05, 0.1) is 17.6 Å². The zero-order valence-electron chi connectivity index (χ0n) is 14.9. The third-order valence-electron chi connectivity index (χ3n) is 5.16. The monoisotopic (exact) mass is 414 g/mol. The predicted molar refractivity (Wildman–Crippen MR) is 99.5 cm³/mol. The van der Waals surface area contributed by atoms with E-state index in [0.29, 0.717) is 29.1 Å². The lowest BCUT2D eigenvalue weighted by atomic mass is 9.69. The van der Waals surface area contributed by atoms with E-state index >= 15 is 0 Å². The number of carbonyl (C=O) groups excluding carboxylic acids is 1. The molecule has 0 radical (unpaired) electrons. The van der Waals surface area contributed by atoms with Gasteiger partial charge in [-0.1, -0.05) is 29.8 Å². The molecule has 3 aliphatic rings. The van der Waals surface area contributed by atoms with E-state index in [1.807, 2.05) is 19.1 Å². The number of nitrogens with one attached hydrogen (secondary N) is 1. The SMILES string of the molecule is CC1=C(C#N)[C@H](c2cc3c(cc2Br)OCO3)C2=C(CC(C)(C)CC2=O)N1. The molecule has 1 N–H and O–H groups in total. The molecule has 0 fully saturated rings. The minimum absolute atomic E-state index is 0.0932. The summed E-state index contributed by atoms with van der Waals surface area (Å²) in [5.74, 6) is 1.00. The maximum atomic E-state index is 13.0. The number of ketones is 1. The Morgan fingerprint density at radius 2 is 1.96 bits per heavy atom. The molecule has 26 heavy (non-hydrogen) atoms. The largest absolute Gasteiger partial charge is 0.454 e. The van der Waals surface area contributed by atoms with Crippen molar-refractivity contribution in [1.82, 2.24) is 5.32 Å². The van der Waals surface area contributed by atoms with Crippen molar-refractivity contribution in [2.24, 2.45) is 5.41 Å². The lowest BCUT2D eigenvalue weighted by Crippen LogP contribution is -2.36. The van der Waals surface area contributed by atoms with Crippen LogP contribution in [0.3, 0.4) is 0 Å². The van der Waals surface area contributed by atoms with Crippen molar-refractivity contribution in [2.45, 2.75) is 39.5 Å². The number of benzene rings is 1. The summed E-state index contributed by atoms with van der Waals surface area (Å²) in [5.41, 5.74) is 3.75. The maximum Gasteiger partial charge on any atom is 0.231 e. The Labute approximate surface area is 160 Å². The van der Waals surface area contributed by atoms with Crippen molar-refractivity contribution >= 4 is 21.7 Å². The highest BCUT2D eigenvalue weighted by Gasteiger charge is 2.42. The molecule has 6 heteroatoms. The number of ether oxygens (including phenoxy) is 2. The van der Waals surface area contributed by atoms with E-state index in [1.165, 1.54) is 0 Å². The Kier molecular flexibility index (Phi) is 3.89. The zero-order valence-corrected chi connectivity index (χ0v) is 16.5. The van der Waals surface area contributed by atoms with Crippen molar-refractivity contribution in [1.29, 1.82) is 5.26 Å². The van der Waals surface area contributed by atoms with E-state index in [9.17, 15) is 10.1 Å². The highest BCUT2D eigenvalue weighted by Crippen LogP contribution is 2.49. The molecule has 4 rings (SSSR count). The van der Waals surface area contributed by atoms with Gasteiger partial charge in [-0.25, -0.2) is 0 Å². The molecule has 0 aromatic heterocycles. The van der Waals surface area contributed by atoms with E-state index in [2.05, 4.69) is 41.2 Å². The number of halogens is 1. The molecule has 1 aromatic carbocycles. The fourth-order valence-corrected chi connectivity index (χ4v) is 4.60. The number of hydrogen-bond acceptors (Lipinski definition) is 5. The van der Waals surface area contributed by atoms with Gasteiger partial charge < -0.3 is 14.8 Å². The maximum absolute atomic E-state index is 13.0. The number of rotatable bonds is 1. The van der Waals surface area contributed by atoms with Crippen molar-refractivity contribution in [3.63, 3.8) is 0 Å². The average Bonchev–Trinajstić information content (AvgIpc) is 2.98. The smallest absolute Gasteiger partial charge is 0.231 e. The van der Waals surface area contributed by atoms with E-state index in [1.54, 1.807) is 0 Å². The first kappa shape index (κ1) is 17.2. The molecule has 0 saturated heterocycles. The van der Waals surface area contributed by atoms with Gasteiger partial charge in [-0.15, -0.1) is 0 Å². The van der Waals surface area contributed by atoms with Crippen LogP contribution in [0.5, 0.6) is 11.5 Å². The van der Waals surface area contributed by atoms with Crippen LogP contribution in [0.15, 0.2) is 39.1 Å². The van der Waals surface area contributed by atoms with Crippen LogP contribution in [0, 0.1) is 16.7 Å². The van der Waals surface area contributed by atoms with Crippen LogP contribution in [-0.2, 0) is 4.79 Å². The second kappa shape index (κ2) is 5.88. The van der Waals surface area contributed by atoms with Gasteiger partial charge in [0.2, 0.25) is 6.79 Å². The summed E-state index contributed by atoms with van der Waals surface area (Å²) >= 11 is 3.60. The Balaban J connectivity index is 1.92. The summed E-state index contributed by atoms with van der Waals surface area (Å²) in [6.45, 7) is 6.27. The van der Waals surface area contributed by atoms with Gasteiger partial charge in [-0.2, -0.15) is 5.26 Å².